The van der Waals surface area contributed by atoms with Crippen LogP contribution in [0.25, 0.3) is 0 Å². The minimum Gasteiger partial charge on any atom is -0.383 e. The van der Waals surface area contributed by atoms with E-state index in [2.05, 4.69) is 15.9 Å². The molecule has 0 saturated carbocycles. The second kappa shape index (κ2) is 5.22. The van der Waals surface area contributed by atoms with E-state index in [1.165, 1.54) is 0 Å². The number of hydrogen-bond donors (Lipinski definition) is 1. The summed E-state index contributed by atoms with van der Waals surface area (Å²) in [5.74, 6) is -0.874. The van der Waals surface area contributed by atoms with E-state index in [9.17, 15) is 22.7 Å². The Labute approximate surface area is 118 Å². The van der Waals surface area contributed by atoms with E-state index in [-0.39, 0.29) is 0 Å². The third-order valence-corrected chi connectivity index (χ3v) is 4.43. The summed E-state index contributed by atoms with van der Waals surface area (Å²) < 4.78 is 51.8. The topological polar surface area (TPSA) is 20.2 Å². The number of aliphatic hydroxyl groups is 1. The Morgan fingerprint density at radius 3 is 2.42 bits per heavy atom. The molecular weight excluding hydrogens is 348 g/mol. The normalized spacial score (nSPS) is 13.6. The average Bonchev–Trinajstić information content (AvgIpc) is 2.73. The molecule has 0 saturated heterocycles. The fourth-order valence-electron chi connectivity index (χ4n) is 1.57. The van der Waals surface area contributed by atoms with Gasteiger partial charge in [-0.05, 0) is 45.6 Å². The zero-order valence-corrected chi connectivity index (χ0v) is 11.6. The fraction of sp³-hybridized carbons (Fsp3) is 0.167. The van der Waals surface area contributed by atoms with Gasteiger partial charge in [0, 0.05) is 10.0 Å². The van der Waals surface area contributed by atoms with Crippen molar-refractivity contribution in [3.05, 3.63) is 55.9 Å². The summed E-state index contributed by atoms with van der Waals surface area (Å²) in [6, 6.07) is 3.62. The van der Waals surface area contributed by atoms with Crippen LogP contribution in [0, 0.1) is 5.82 Å². The number of alkyl halides is 3. The molecule has 1 aromatic heterocycles. The standard InChI is InChI=1S/C12H7BrF4OS/c13-8-3-4-19-11(8)10(18)7-5-6(12(15,16)17)1-2-9(7)14/h1-5,10,18H. The lowest BCUT2D eigenvalue weighted by Crippen LogP contribution is -2.09. The molecule has 1 N–H and O–H groups in total. The Balaban J connectivity index is 2.47. The molecule has 0 radical (unpaired) electrons. The first kappa shape index (κ1) is 14.5. The van der Waals surface area contributed by atoms with Gasteiger partial charge in [0.25, 0.3) is 0 Å². The van der Waals surface area contributed by atoms with Crippen LogP contribution >= 0.6 is 27.3 Å². The van der Waals surface area contributed by atoms with E-state index >= 15 is 0 Å². The highest BCUT2D eigenvalue weighted by Crippen LogP contribution is 2.37. The third kappa shape index (κ3) is 2.98. The maximum atomic E-state index is 13.6. The van der Waals surface area contributed by atoms with Crippen LogP contribution in [0.2, 0.25) is 0 Å². The van der Waals surface area contributed by atoms with E-state index in [4.69, 9.17) is 0 Å². The molecule has 7 heteroatoms. The Morgan fingerprint density at radius 1 is 1.21 bits per heavy atom. The maximum absolute atomic E-state index is 13.6. The van der Waals surface area contributed by atoms with Crippen LogP contribution < -0.4 is 0 Å². The quantitative estimate of drug-likeness (QED) is 0.771. The Kier molecular flexibility index (Phi) is 3.98. The van der Waals surface area contributed by atoms with E-state index in [0.29, 0.717) is 27.5 Å². The van der Waals surface area contributed by atoms with Crippen molar-refractivity contribution >= 4 is 27.3 Å². The molecule has 2 aromatic rings. The minimum atomic E-state index is -4.57. The Morgan fingerprint density at radius 2 is 1.89 bits per heavy atom. The molecule has 102 valence electrons. The highest BCUT2D eigenvalue weighted by molar-refractivity contribution is 9.10. The average molecular weight is 355 g/mol. The van der Waals surface area contributed by atoms with Gasteiger partial charge < -0.3 is 5.11 Å². The van der Waals surface area contributed by atoms with Crippen LogP contribution in [-0.4, -0.2) is 5.11 Å². The summed E-state index contributed by atoms with van der Waals surface area (Å²) in [6.45, 7) is 0. The van der Waals surface area contributed by atoms with Gasteiger partial charge in [-0.2, -0.15) is 13.2 Å². The lowest BCUT2D eigenvalue weighted by Gasteiger charge is -2.14. The second-order valence-electron chi connectivity index (χ2n) is 3.77. The van der Waals surface area contributed by atoms with Gasteiger partial charge in [0.05, 0.1) is 10.4 Å². The number of thiophene rings is 1. The van der Waals surface area contributed by atoms with Crippen molar-refractivity contribution in [3.63, 3.8) is 0 Å². The lowest BCUT2D eigenvalue weighted by molar-refractivity contribution is -0.137. The molecule has 0 aliphatic rings. The van der Waals surface area contributed by atoms with Crippen LogP contribution in [0.1, 0.15) is 22.1 Å². The van der Waals surface area contributed by atoms with Gasteiger partial charge in [0.1, 0.15) is 11.9 Å². The van der Waals surface area contributed by atoms with Gasteiger partial charge in [0.15, 0.2) is 0 Å². The van der Waals surface area contributed by atoms with Crippen molar-refractivity contribution in [2.45, 2.75) is 12.3 Å². The van der Waals surface area contributed by atoms with Crippen molar-refractivity contribution in [1.29, 1.82) is 0 Å². The second-order valence-corrected chi connectivity index (χ2v) is 5.57. The van der Waals surface area contributed by atoms with Crippen molar-refractivity contribution in [1.82, 2.24) is 0 Å². The molecule has 0 fully saturated rings. The summed E-state index contributed by atoms with van der Waals surface area (Å²) >= 11 is 4.28. The Hall–Kier alpha value is -0.920. The van der Waals surface area contributed by atoms with Gasteiger partial charge in [-0.25, -0.2) is 4.39 Å². The number of benzene rings is 1. The van der Waals surface area contributed by atoms with Crippen molar-refractivity contribution < 1.29 is 22.7 Å². The van der Waals surface area contributed by atoms with Gasteiger partial charge in [0.2, 0.25) is 0 Å². The molecule has 0 amide bonds. The summed E-state index contributed by atoms with van der Waals surface area (Å²) in [7, 11) is 0. The molecule has 19 heavy (non-hydrogen) atoms. The van der Waals surface area contributed by atoms with Crippen molar-refractivity contribution in [2.24, 2.45) is 0 Å². The molecule has 1 aromatic carbocycles. The number of halogens is 5. The highest BCUT2D eigenvalue weighted by atomic mass is 79.9. The molecular formula is C12H7BrF4OS. The van der Waals surface area contributed by atoms with E-state index < -0.39 is 29.2 Å². The van der Waals surface area contributed by atoms with Crippen molar-refractivity contribution in [2.75, 3.05) is 0 Å². The van der Waals surface area contributed by atoms with Gasteiger partial charge in [-0.1, -0.05) is 0 Å². The van der Waals surface area contributed by atoms with Crippen LogP contribution in [0.4, 0.5) is 17.6 Å². The smallest absolute Gasteiger partial charge is 0.383 e. The predicted octanol–water partition coefficient (Wildman–Crippen LogP) is 4.75. The van der Waals surface area contributed by atoms with Crippen LogP contribution in [0.5, 0.6) is 0 Å². The molecule has 0 bridgehead atoms. The largest absolute Gasteiger partial charge is 0.416 e. The van der Waals surface area contributed by atoms with E-state index in [1.54, 1.807) is 11.4 Å². The van der Waals surface area contributed by atoms with Crippen molar-refractivity contribution in [3.8, 4) is 0 Å². The summed E-state index contributed by atoms with van der Waals surface area (Å²) in [4.78, 5) is 0.359. The zero-order valence-electron chi connectivity index (χ0n) is 9.21. The first-order valence-electron chi connectivity index (χ1n) is 5.08. The van der Waals surface area contributed by atoms with Gasteiger partial charge in [-0.15, -0.1) is 11.3 Å². The maximum Gasteiger partial charge on any atom is 0.416 e. The molecule has 1 heterocycles. The van der Waals surface area contributed by atoms with Crippen LogP contribution in [0.15, 0.2) is 34.1 Å². The van der Waals surface area contributed by atoms with E-state index in [0.717, 1.165) is 11.3 Å². The summed E-state index contributed by atoms with van der Waals surface area (Å²) in [5, 5.41) is 11.7. The van der Waals surface area contributed by atoms with E-state index in [1.807, 2.05) is 0 Å². The number of rotatable bonds is 2. The number of hydrogen-bond acceptors (Lipinski definition) is 2. The lowest BCUT2D eigenvalue weighted by atomic mass is 10.0. The summed E-state index contributed by atoms with van der Waals surface area (Å²) in [6.07, 6.45) is -6.01. The molecule has 0 aliphatic carbocycles. The summed E-state index contributed by atoms with van der Waals surface area (Å²) in [5.41, 5.74) is -1.38. The van der Waals surface area contributed by atoms with Gasteiger partial charge in [-0.3, -0.25) is 0 Å². The molecule has 0 spiro atoms. The first-order chi connectivity index (χ1) is 8.80. The predicted molar refractivity (Wildman–Crippen MR) is 67.5 cm³/mol. The van der Waals surface area contributed by atoms with Crippen LogP contribution in [0.3, 0.4) is 0 Å². The minimum absolute atomic E-state index is 0.359. The molecule has 1 atom stereocenters. The molecule has 0 aliphatic heterocycles. The number of aliphatic hydroxyl groups excluding tert-OH is 1. The zero-order chi connectivity index (χ0) is 14.2. The molecule has 1 nitrogen and oxygen atoms in total. The van der Waals surface area contributed by atoms with Crippen LogP contribution in [-0.2, 0) is 6.18 Å². The molecule has 1 unspecified atom stereocenters. The monoisotopic (exact) mass is 354 g/mol. The fourth-order valence-corrected chi connectivity index (χ4v) is 3.16. The first-order valence-corrected chi connectivity index (χ1v) is 6.75. The Bertz CT molecular complexity index is 594. The third-order valence-electron chi connectivity index (χ3n) is 2.51. The highest BCUT2D eigenvalue weighted by Gasteiger charge is 2.32. The molecule has 2 rings (SSSR count). The van der Waals surface area contributed by atoms with Gasteiger partial charge >= 0.3 is 6.18 Å². The SMILES string of the molecule is OC(c1cc(C(F)(F)F)ccc1F)c1sccc1Br.